The Morgan fingerprint density at radius 1 is 1.64 bits per heavy atom. The van der Waals surface area contributed by atoms with Crippen molar-refractivity contribution in [1.82, 2.24) is 4.98 Å². The standard InChI is InChI=1S/C8H10ClNO/c1-6(2)3-4-7-8(9)11-5-10-7/h3-6H,1-2H3/b4-3+. The van der Waals surface area contributed by atoms with Gasteiger partial charge in [-0.1, -0.05) is 19.9 Å². The van der Waals surface area contributed by atoms with Crippen molar-refractivity contribution in [3.8, 4) is 0 Å². The quantitative estimate of drug-likeness (QED) is 0.684. The number of hydrogen-bond donors (Lipinski definition) is 0. The molecule has 60 valence electrons. The van der Waals surface area contributed by atoms with Crippen LogP contribution in [0.2, 0.25) is 5.22 Å². The fraction of sp³-hybridized carbons (Fsp3) is 0.375. The summed E-state index contributed by atoms with van der Waals surface area (Å²) in [6.07, 6.45) is 5.21. The van der Waals surface area contributed by atoms with Crippen molar-refractivity contribution in [3.05, 3.63) is 23.4 Å². The molecule has 11 heavy (non-hydrogen) atoms. The van der Waals surface area contributed by atoms with Crippen molar-refractivity contribution in [1.29, 1.82) is 0 Å². The highest BCUT2D eigenvalue weighted by Gasteiger charge is 1.99. The summed E-state index contributed by atoms with van der Waals surface area (Å²) in [5.74, 6) is 0.503. The van der Waals surface area contributed by atoms with Crippen LogP contribution in [0.1, 0.15) is 19.5 Å². The maximum atomic E-state index is 5.64. The molecular weight excluding hydrogens is 162 g/mol. The van der Waals surface area contributed by atoms with Gasteiger partial charge in [0.1, 0.15) is 5.69 Å². The molecular formula is C8H10ClNO. The van der Waals surface area contributed by atoms with Gasteiger partial charge < -0.3 is 4.42 Å². The van der Waals surface area contributed by atoms with Gasteiger partial charge in [-0.3, -0.25) is 0 Å². The van der Waals surface area contributed by atoms with Crippen LogP contribution in [0, 0.1) is 5.92 Å². The van der Waals surface area contributed by atoms with E-state index in [1.807, 2.05) is 12.2 Å². The predicted octanol–water partition coefficient (Wildman–Crippen LogP) is 3.00. The Balaban J connectivity index is 2.71. The monoisotopic (exact) mass is 171 g/mol. The molecule has 0 saturated heterocycles. The molecule has 0 spiro atoms. The Labute approximate surface area is 70.9 Å². The summed E-state index contributed by atoms with van der Waals surface area (Å²) >= 11 is 5.64. The van der Waals surface area contributed by atoms with Gasteiger partial charge in [-0.15, -0.1) is 0 Å². The minimum atomic E-state index is 0.349. The summed E-state index contributed by atoms with van der Waals surface area (Å²) in [4.78, 5) is 3.90. The molecule has 0 saturated carbocycles. The van der Waals surface area contributed by atoms with Crippen molar-refractivity contribution in [3.63, 3.8) is 0 Å². The van der Waals surface area contributed by atoms with E-state index in [0.29, 0.717) is 16.8 Å². The first-order valence-corrected chi connectivity index (χ1v) is 3.85. The zero-order valence-electron chi connectivity index (χ0n) is 6.54. The van der Waals surface area contributed by atoms with Crippen LogP contribution in [-0.2, 0) is 0 Å². The highest BCUT2D eigenvalue weighted by molar-refractivity contribution is 6.30. The summed E-state index contributed by atoms with van der Waals surface area (Å²) in [6.45, 7) is 4.18. The Hall–Kier alpha value is -0.760. The molecule has 1 heterocycles. The molecule has 3 heteroatoms. The van der Waals surface area contributed by atoms with Gasteiger partial charge in [-0.2, -0.15) is 0 Å². The second-order valence-electron chi connectivity index (χ2n) is 2.61. The SMILES string of the molecule is CC(C)/C=C/c1ncoc1Cl. The number of allylic oxidation sites excluding steroid dienone is 1. The van der Waals surface area contributed by atoms with Crippen LogP contribution in [0.4, 0.5) is 0 Å². The van der Waals surface area contributed by atoms with Gasteiger partial charge in [0, 0.05) is 0 Å². The Kier molecular flexibility index (Phi) is 2.71. The lowest BCUT2D eigenvalue weighted by Crippen LogP contribution is -1.77. The molecule has 0 atom stereocenters. The predicted molar refractivity (Wildman–Crippen MR) is 45.4 cm³/mol. The van der Waals surface area contributed by atoms with Gasteiger partial charge in [-0.25, -0.2) is 4.98 Å². The molecule has 0 fully saturated rings. The van der Waals surface area contributed by atoms with E-state index < -0.39 is 0 Å². The van der Waals surface area contributed by atoms with Crippen LogP contribution < -0.4 is 0 Å². The minimum Gasteiger partial charge on any atom is -0.431 e. The van der Waals surface area contributed by atoms with E-state index in [0.717, 1.165) is 0 Å². The van der Waals surface area contributed by atoms with Crippen LogP contribution >= 0.6 is 11.6 Å². The largest absolute Gasteiger partial charge is 0.431 e. The smallest absolute Gasteiger partial charge is 0.220 e. The molecule has 0 N–H and O–H groups in total. The third-order valence-corrected chi connectivity index (χ3v) is 1.47. The Morgan fingerprint density at radius 2 is 2.36 bits per heavy atom. The average Bonchev–Trinajstić information content (AvgIpc) is 2.31. The number of halogens is 1. The first kappa shape index (κ1) is 8.34. The van der Waals surface area contributed by atoms with E-state index in [-0.39, 0.29) is 0 Å². The van der Waals surface area contributed by atoms with E-state index in [1.54, 1.807) is 0 Å². The van der Waals surface area contributed by atoms with Gasteiger partial charge in [0.2, 0.25) is 5.22 Å². The van der Waals surface area contributed by atoms with E-state index in [2.05, 4.69) is 18.8 Å². The zero-order valence-corrected chi connectivity index (χ0v) is 7.30. The van der Waals surface area contributed by atoms with E-state index in [9.17, 15) is 0 Å². The molecule has 0 aromatic carbocycles. The van der Waals surface area contributed by atoms with Crippen LogP contribution in [0.5, 0.6) is 0 Å². The topological polar surface area (TPSA) is 26.0 Å². The third kappa shape index (κ3) is 2.39. The molecule has 0 aliphatic heterocycles. The van der Waals surface area contributed by atoms with Crippen LogP contribution in [0.15, 0.2) is 16.9 Å². The number of aromatic nitrogens is 1. The second kappa shape index (κ2) is 3.58. The third-order valence-electron chi connectivity index (χ3n) is 1.19. The summed E-state index contributed by atoms with van der Waals surface area (Å²) in [7, 11) is 0. The molecule has 2 nitrogen and oxygen atoms in total. The van der Waals surface area contributed by atoms with Crippen molar-refractivity contribution in [2.45, 2.75) is 13.8 Å². The molecule has 0 amide bonds. The number of nitrogens with zero attached hydrogens (tertiary/aromatic N) is 1. The lowest BCUT2D eigenvalue weighted by atomic mass is 10.2. The van der Waals surface area contributed by atoms with Gasteiger partial charge in [-0.05, 0) is 23.6 Å². The summed E-state index contributed by atoms with van der Waals surface area (Å²) in [6, 6.07) is 0. The van der Waals surface area contributed by atoms with E-state index in [4.69, 9.17) is 16.0 Å². The Bertz CT molecular complexity index is 252. The van der Waals surface area contributed by atoms with Gasteiger partial charge in [0.15, 0.2) is 6.39 Å². The van der Waals surface area contributed by atoms with Gasteiger partial charge >= 0.3 is 0 Å². The molecule has 0 aliphatic rings. The van der Waals surface area contributed by atoms with Crippen LogP contribution in [0.25, 0.3) is 6.08 Å². The highest BCUT2D eigenvalue weighted by Crippen LogP contribution is 2.15. The molecule has 1 aromatic rings. The molecule has 0 unspecified atom stereocenters. The maximum absolute atomic E-state index is 5.64. The van der Waals surface area contributed by atoms with Crippen LogP contribution in [-0.4, -0.2) is 4.98 Å². The van der Waals surface area contributed by atoms with Crippen molar-refractivity contribution in [2.24, 2.45) is 5.92 Å². The second-order valence-corrected chi connectivity index (χ2v) is 2.96. The zero-order chi connectivity index (χ0) is 8.27. The van der Waals surface area contributed by atoms with Gasteiger partial charge in [0.05, 0.1) is 0 Å². The van der Waals surface area contributed by atoms with Crippen LogP contribution in [0.3, 0.4) is 0 Å². The first-order chi connectivity index (χ1) is 5.20. The van der Waals surface area contributed by atoms with Crippen molar-refractivity contribution >= 4 is 17.7 Å². The lowest BCUT2D eigenvalue weighted by molar-refractivity contribution is 0.559. The highest BCUT2D eigenvalue weighted by atomic mass is 35.5. The minimum absolute atomic E-state index is 0.349. The average molecular weight is 172 g/mol. The molecule has 0 aliphatic carbocycles. The van der Waals surface area contributed by atoms with Gasteiger partial charge in [0.25, 0.3) is 0 Å². The number of oxazole rings is 1. The Morgan fingerprint density at radius 3 is 2.82 bits per heavy atom. The fourth-order valence-electron chi connectivity index (χ4n) is 0.633. The van der Waals surface area contributed by atoms with E-state index >= 15 is 0 Å². The van der Waals surface area contributed by atoms with Crippen molar-refractivity contribution < 1.29 is 4.42 Å². The van der Waals surface area contributed by atoms with E-state index in [1.165, 1.54) is 6.39 Å². The summed E-state index contributed by atoms with van der Waals surface area (Å²) < 4.78 is 4.80. The maximum Gasteiger partial charge on any atom is 0.220 e. The number of hydrogen-bond acceptors (Lipinski definition) is 2. The summed E-state index contributed by atoms with van der Waals surface area (Å²) in [5.41, 5.74) is 0.695. The number of rotatable bonds is 2. The first-order valence-electron chi connectivity index (χ1n) is 3.47. The fourth-order valence-corrected chi connectivity index (χ4v) is 0.784. The molecule has 0 radical (unpaired) electrons. The summed E-state index contributed by atoms with van der Waals surface area (Å²) in [5, 5.41) is 0.349. The molecule has 1 aromatic heterocycles. The van der Waals surface area contributed by atoms with Crippen molar-refractivity contribution in [2.75, 3.05) is 0 Å². The molecule has 0 bridgehead atoms. The normalized spacial score (nSPS) is 11.6. The molecule has 1 rings (SSSR count). The lowest BCUT2D eigenvalue weighted by Gasteiger charge is -1.90.